The lowest BCUT2D eigenvalue weighted by Crippen LogP contribution is -2.55. The number of amides is 3. The molecule has 7 heteroatoms. The lowest BCUT2D eigenvalue weighted by molar-refractivity contribution is -0.121. The molecule has 3 atom stereocenters. The van der Waals surface area contributed by atoms with Gasteiger partial charge < -0.3 is 15.1 Å². The summed E-state index contributed by atoms with van der Waals surface area (Å²) < 4.78 is 0. The standard InChI is InChI=1S/C19H23Cl2N3O2/c20-13-5-7-16(15(21)10-13)22-18(25)17-3-1-2-8-23(17)19(26)24-11-12-4-6-14(24)9-12/h5,7,10,12,14,17H,1-4,6,8-9,11H2,(H,22,25). The number of carbonyl (C=O) groups excluding carboxylic acids is 2. The molecule has 0 radical (unpaired) electrons. The largest absolute Gasteiger partial charge is 0.323 e. The zero-order valence-corrected chi connectivity index (χ0v) is 16.1. The van der Waals surface area contributed by atoms with Crippen molar-refractivity contribution in [3.05, 3.63) is 28.2 Å². The van der Waals surface area contributed by atoms with Crippen LogP contribution in [-0.4, -0.2) is 46.9 Å². The van der Waals surface area contributed by atoms with Crippen LogP contribution in [-0.2, 0) is 4.79 Å². The number of piperidine rings is 2. The summed E-state index contributed by atoms with van der Waals surface area (Å²) in [6.07, 6.45) is 6.03. The Labute approximate surface area is 163 Å². The quantitative estimate of drug-likeness (QED) is 0.806. The fourth-order valence-corrected chi connectivity index (χ4v) is 5.02. The molecule has 140 valence electrons. The van der Waals surface area contributed by atoms with Gasteiger partial charge in [0, 0.05) is 24.2 Å². The van der Waals surface area contributed by atoms with Gasteiger partial charge in [-0.05, 0) is 62.6 Å². The Morgan fingerprint density at radius 2 is 1.92 bits per heavy atom. The van der Waals surface area contributed by atoms with E-state index in [1.54, 1.807) is 23.1 Å². The molecule has 0 spiro atoms. The summed E-state index contributed by atoms with van der Waals surface area (Å²) in [7, 11) is 0. The van der Waals surface area contributed by atoms with Crippen LogP contribution in [0.4, 0.5) is 10.5 Å². The predicted molar refractivity (Wildman–Crippen MR) is 103 cm³/mol. The molecule has 1 saturated carbocycles. The number of likely N-dealkylation sites (tertiary alicyclic amines) is 2. The van der Waals surface area contributed by atoms with E-state index in [1.165, 1.54) is 6.42 Å². The maximum absolute atomic E-state index is 13.1. The molecule has 1 N–H and O–H groups in total. The average Bonchev–Trinajstić information content (AvgIpc) is 3.27. The van der Waals surface area contributed by atoms with Crippen LogP contribution in [0.25, 0.3) is 0 Å². The van der Waals surface area contributed by atoms with E-state index in [9.17, 15) is 9.59 Å². The fourth-order valence-electron chi connectivity index (χ4n) is 4.56. The predicted octanol–water partition coefficient (Wildman–Crippen LogP) is 4.39. The number of nitrogens with zero attached hydrogens (tertiary/aromatic N) is 2. The lowest BCUT2D eigenvalue weighted by atomic mass is 10.0. The Kier molecular flexibility index (Phi) is 5.02. The van der Waals surface area contributed by atoms with E-state index in [1.807, 2.05) is 4.90 Å². The summed E-state index contributed by atoms with van der Waals surface area (Å²) >= 11 is 12.1. The molecule has 2 saturated heterocycles. The highest BCUT2D eigenvalue weighted by atomic mass is 35.5. The average molecular weight is 396 g/mol. The first-order chi connectivity index (χ1) is 12.5. The number of fused-ring (bicyclic) bond motifs is 2. The first kappa shape index (κ1) is 17.9. The van der Waals surface area contributed by atoms with Gasteiger partial charge in [-0.15, -0.1) is 0 Å². The van der Waals surface area contributed by atoms with Crippen molar-refractivity contribution in [3.63, 3.8) is 0 Å². The number of hydrogen-bond acceptors (Lipinski definition) is 2. The summed E-state index contributed by atoms with van der Waals surface area (Å²) in [4.78, 5) is 29.7. The second-order valence-electron chi connectivity index (χ2n) is 7.59. The van der Waals surface area contributed by atoms with E-state index in [-0.39, 0.29) is 11.9 Å². The van der Waals surface area contributed by atoms with Gasteiger partial charge in [0.15, 0.2) is 0 Å². The number of halogens is 2. The minimum atomic E-state index is -0.442. The molecule has 5 nitrogen and oxygen atoms in total. The molecule has 2 heterocycles. The van der Waals surface area contributed by atoms with Crippen molar-refractivity contribution in [2.75, 3.05) is 18.4 Å². The van der Waals surface area contributed by atoms with E-state index in [0.717, 1.165) is 32.2 Å². The van der Waals surface area contributed by atoms with E-state index < -0.39 is 6.04 Å². The molecule has 1 aromatic carbocycles. The van der Waals surface area contributed by atoms with Gasteiger partial charge in [0.1, 0.15) is 6.04 Å². The van der Waals surface area contributed by atoms with Crippen molar-refractivity contribution >= 4 is 40.8 Å². The Morgan fingerprint density at radius 3 is 2.62 bits per heavy atom. The molecule has 3 unspecified atom stereocenters. The molecular weight excluding hydrogens is 373 g/mol. The molecule has 3 amide bonds. The number of nitrogens with one attached hydrogen (secondary N) is 1. The number of urea groups is 1. The van der Waals surface area contributed by atoms with Crippen molar-refractivity contribution in [2.24, 2.45) is 5.92 Å². The van der Waals surface area contributed by atoms with Crippen LogP contribution in [0.1, 0.15) is 38.5 Å². The van der Waals surface area contributed by atoms with Crippen LogP contribution in [0.15, 0.2) is 18.2 Å². The normalized spacial score (nSPS) is 27.7. The maximum atomic E-state index is 13.1. The van der Waals surface area contributed by atoms with Crippen LogP contribution >= 0.6 is 23.2 Å². The van der Waals surface area contributed by atoms with Crippen molar-refractivity contribution in [2.45, 2.75) is 50.6 Å². The molecule has 0 aromatic heterocycles. The highest BCUT2D eigenvalue weighted by Crippen LogP contribution is 2.38. The molecule has 2 bridgehead atoms. The van der Waals surface area contributed by atoms with Gasteiger partial charge in [-0.1, -0.05) is 23.2 Å². The van der Waals surface area contributed by atoms with Crippen LogP contribution in [0, 0.1) is 5.92 Å². The van der Waals surface area contributed by atoms with Crippen LogP contribution in [0.3, 0.4) is 0 Å². The van der Waals surface area contributed by atoms with E-state index in [2.05, 4.69) is 5.32 Å². The molecule has 2 aliphatic heterocycles. The summed E-state index contributed by atoms with van der Waals surface area (Å²) in [6.45, 7) is 1.48. The monoisotopic (exact) mass is 395 g/mol. The zero-order chi connectivity index (χ0) is 18.3. The summed E-state index contributed by atoms with van der Waals surface area (Å²) in [6, 6.07) is 4.93. The molecule has 1 aliphatic carbocycles. The van der Waals surface area contributed by atoms with Gasteiger partial charge in [0.05, 0.1) is 10.7 Å². The van der Waals surface area contributed by atoms with E-state index >= 15 is 0 Å². The third kappa shape index (κ3) is 3.39. The number of rotatable bonds is 2. The highest BCUT2D eigenvalue weighted by molar-refractivity contribution is 6.36. The highest BCUT2D eigenvalue weighted by Gasteiger charge is 2.44. The molecule has 1 aromatic rings. The van der Waals surface area contributed by atoms with Gasteiger partial charge in [-0.25, -0.2) is 4.79 Å². The molecule has 4 rings (SSSR count). The minimum Gasteiger partial charge on any atom is -0.323 e. The lowest BCUT2D eigenvalue weighted by Gasteiger charge is -2.39. The Hall–Kier alpha value is -1.46. The van der Waals surface area contributed by atoms with Crippen molar-refractivity contribution in [1.29, 1.82) is 0 Å². The summed E-state index contributed by atoms with van der Waals surface area (Å²) in [5.41, 5.74) is 0.527. The third-order valence-electron chi connectivity index (χ3n) is 5.90. The number of anilines is 1. The van der Waals surface area contributed by atoms with Gasteiger partial charge in [-0.2, -0.15) is 0 Å². The van der Waals surface area contributed by atoms with Crippen molar-refractivity contribution in [1.82, 2.24) is 9.80 Å². The van der Waals surface area contributed by atoms with Gasteiger partial charge in [-0.3, -0.25) is 4.79 Å². The van der Waals surface area contributed by atoms with Crippen LogP contribution in [0.5, 0.6) is 0 Å². The smallest absolute Gasteiger partial charge is 0.320 e. The molecule has 3 aliphatic rings. The number of benzene rings is 1. The van der Waals surface area contributed by atoms with Crippen molar-refractivity contribution < 1.29 is 9.59 Å². The first-order valence-corrected chi connectivity index (χ1v) is 10.1. The first-order valence-electron chi connectivity index (χ1n) is 9.36. The maximum Gasteiger partial charge on any atom is 0.320 e. The summed E-state index contributed by atoms with van der Waals surface area (Å²) in [5.74, 6) is 0.473. The Balaban J connectivity index is 1.48. The van der Waals surface area contributed by atoms with E-state index in [0.29, 0.717) is 40.7 Å². The minimum absolute atomic E-state index is 0.0271. The van der Waals surface area contributed by atoms with Crippen LogP contribution < -0.4 is 5.32 Å². The van der Waals surface area contributed by atoms with E-state index in [4.69, 9.17) is 23.2 Å². The fraction of sp³-hybridized carbons (Fsp3) is 0.579. The number of hydrogen-bond donors (Lipinski definition) is 1. The second-order valence-corrected chi connectivity index (χ2v) is 8.43. The van der Waals surface area contributed by atoms with Gasteiger partial charge in [0.2, 0.25) is 5.91 Å². The zero-order valence-electron chi connectivity index (χ0n) is 14.6. The molecule has 3 fully saturated rings. The molecular formula is C19H23Cl2N3O2. The van der Waals surface area contributed by atoms with Crippen molar-refractivity contribution in [3.8, 4) is 0 Å². The Morgan fingerprint density at radius 1 is 1.08 bits per heavy atom. The SMILES string of the molecule is O=C(Nc1ccc(Cl)cc1Cl)C1CCCCN1C(=O)N1CC2CCC1C2. The van der Waals surface area contributed by atoms with Gasteiger partial charge in [0.25, 0.3) is 0 Å². The number of carbonyl (C=O) groups is 2. The van der Waals surface area contributed by atoms with Gasteiger partial charge >= 0.3 is 6.03 Å². The summed E-state index contributed by atoms with van der Waals surface area (Å²) in [5, 5.41) is 3.79. The topological polar surface area (TPSA) is 52.7 Å². The molecule has 26 heavy (non-hydrogen) atoms. The Bertz CT molecular complexity index is 727. The third-order valence-corrected chi connectivity index (χ3v) is 6.44. The van der Waals surface area contributed by atoms with Crippen LogP contribution in [0.2, 0.25) is 10.0 Å². The second kappa shape index (κ2) is 7.28.